The van der Waals surface area contributed by atoms with Crippen LogP contribution in [0.15, 0.2) is 42.5 Å². The minimum atomic E-state index is -0.681. The Balaban J connectivity index is 1.26. The maximum absolute atomic E-state index is 13.3. The largest absolute Gasteiger partial charge is 0.490 e. The number of carbonyl (C=O) groups is 1. The van der Waals surface area contributed by atoms with Crippen molar-refractivity contribution in [2.75, 3.05) is 6.61 Å². The molecule has 0 aromatic heterocycles. The lowest BCUT2D eigenvalue weighted by molar-refractivity contribution is -0.131. The summed E-state index contributed by atoms with van der Waals surface area (Å²) in [6.45, 7) is 0.173. The van der Waals surface area contributed by atoms with Crippen LogP contribution in [0.4, 0.5) is 8.78 Å². The zero-order valence-corrected chi connectivity index (χ0v) is 15.2. The van der Waals surface area contributed by atoms with E-state index in [0.717, 1.165) is 18.9 Å². The quantitative estimate of drug-likeness (QED) is 0.868. The first kappa shape index (κ1) is 18.5. The van der Waals surface area contributed by atoms with Crippen molar-refractivity contribution in [3.05, 3.63) is 54.1 Å². The molecule has 1 aliphatic carbocycles. The molecule has 1 N–H and O–H groups in total. The first-order chi connectivity index (χ1) is 13.6. The average Bonchev–Trinajstić information content (AvgIpc) is 2.68. The number of ether oxygens (including phenoxy) is 3. The van der Waals surface area contributed by atoms with Crippen LogP contribution in [0, 0.1) is 11.6 Å². The van der Waals surface area contributed by atoms with Crippen LogP contribution in [-0.2, 0) is 4.79 Å². The van der Waals surface area contributed by atoms with E-state index in [-0.39, 0.29) is 30.4 Å². The number of halogens is 2. The van der Waals surface area contributed by atoms with Gasteiger partial charge in [0.25, 0.3) is 5.91 Å². The molecule has 1 aliphatic heterocycles. The van der Waals surface area contributed by atoms with Crippen LogP contribution in [0.25, 0.3) is 0 Å². The van der Waals surface area contributed by atoms with Gasteiger partial charge in [-0.05, 0) is 37.8 Å². The molecule has 7 heteroatoms. The maximum Gasteiger partial charge on any atom is 0.264 e. The van der Waals surface area contributed by atoms with E-state index in [1.807, 2.05) is 12.1 Å². The van der Waals surface area contributed by atoms with Gasteiger partial charge in [0.15, 0.2) is 11.5 Å². The van der Waals surface area contributed by atoms with E-state index in [1.54, 1.807) is 12.1 Å². The fourth-order valence-electron chi connectivity index (χ4n) is 3.56. The minimum Gasteiger partial charge on any atom is -0.490 e. The van der Waals surface area contributed by atoms with E-state index in [2.05, 4.69) is 5.32 Å². The molecular weight excluding hydrogens is 368 g/mol. The van der Waals surface area contributed by atoms with Crippen molar-refractivity contribution in [3.8, 4) is 17.2 Å². The zero-order valence-electron chi connectivity index (χ0n) is 15.2. The molecule has 1 atom stereocenters. The number of fused-ring (bicyclic) bond motifs is 1. The summed E-state index contributed by atoms with van der Waals surface area (Å²) in [4.78, 5) is 12.5. The Labute approximate surface area is 161 Å². The van der Waals surface area contributed by atoms with Crippen LogP contribution < -0.4 is 19.5 Å². The molecular formula is C21H21F2NO4. The summed E-state index contributed by atoms with van der Waals surface area (Å²) in [7, 11) is 0. The second kappa shape index (κ2) is 8.04. The van der Waals surface area contributed by atoms with E-state index >= 15 is 0 Å². The average molecular weight is 389 g/mol. The fraction of sp³-hybridized carbons (Fsp3) is 0.381. The summed E-state index contributed by atoms with van der Waals surface area (Å²) in [5.74, 6) is -0.131. The van der Waals surface area contributed by atoms with Gasteiger partial charge in [0.1, 0.15) is 24.0 Å². The third-order valence-corrected chi connectivity index (χ3v) is 4.96. The van der Waals surface area contributed by atoms with Crippen molar-refractivity contribution in [3.63, 3.8) is 0 Å². The fourth-order valence-corrected chi connectivity index (χ4v) is 3.56. The smallest absolute Gasteiger partial charge is 0.264 e. The second-order valence-corrected chi connectivity index (χ2v) is 7.07. The van der Waals surface area contributed by atoms with Crippen molar-refractivity contribution >= 4 is 5.91 Å². The lowest BCUT2D eigenvalue weighted by atomic mass is 9.92. The second-order valence-electron chi connectivity index (χ2n) is 7.07. The van der Waals surface area contributed by atoms with Gasteiger partial charge in [-0.2, -0.15) is 0 Å². The van der Waals surface area contributed by atoms with Crippen LogP contribution in [0.5, 0.6) is 17.2 Å². The summed E-state index contributed by atoms with van der Waals surface area (Å²) in [6.07, 6.45) is 2.01. The van der Waals surface area contributed by atoms with E-state index in [4.69, 9.17) is 14.2 Å². The molecule has 2 aliphatic rings. The normalized spacial score (nSPS) is 23.7. The summed E-state index contributed by atoms with van der Waals surface area (Å²) >= 11 is 0. The van der Waals surface area contributed by atoms with Crippen LogP contribution in [-0.4, -0.2) is 30.8 Å². The first-order valence-corrected chi connectivity index (χ1v) is 9.38. The first-order valence-electron chi connectivity index (χ1n) is 9.38. The van der Waals surface area contributed by atoms with Gasteiger partial charge in [-0.25, -0.2) is 8.78 Å². The summed E-state index contributed by atoms with van der Waals surface area (Å²) < 4.78 is 43.5. The predicted molar refractivity (Wildman–Crippen MR) is 97.5 cm³/mol. The number of benzene rings is 2. The molecule has 2 aromatic rings. The van der Waals surface area contributed by atoms with Crippen LogP contribution >= 0.6 is 0 Å². The third kappa shape index (κ3) is 4.35. The van der Waals surface area contributed by atoms with Gasteiger partial charge in [-0.1, -0.05) is 12.1 Å². The van der Waals surface area contributed by atoms with Crippen LogP contribution in [0.1, 0.15) is 25.7 Å². The number of amides is 1. The number of hydrogen-bond acceptors (Lipinski definition) is 4. The Morgan fingerprint density at radius 1 is 1.00 bits per heavy atom. The molecule has 0 saturated heterocycles. The molecule has 5 nitrogen and oxygen atoms in total. The Bertz CT molecular complexity index is 832. The molecule has 1 fully saturated rings. The molecule has 2 aromatic carbocycles. The molecule has 1 amide bonds. The number of nitrogens with one attached hydrogen (secondary N) is 1. The Kier molecular flexibility index (Phi) is 5.32. The highest BCUT2D eigenvalue weighted by Gasteiger charge is 2.30. The van der Waals surface area contributed by atoms with Gasteiger partial charge >= 0.3 is 0 Å². The van der Waals surface area contributed by atoms with Gasteiger partial charge in [0.05, 0.1) is 6.10 Å². The van der Waals surface area contributed by atoms with E-state index in [9.17, 15) is 13.6 Å². The molecule has 0 spiro atoms. The molecule has 28 heavy (non-hydrogen) atoms. The Morgan fingerprint density at radius 2 is 1.68 bits per heavy atom. The summed E-state index contributed by atoms with van der Waals surface area (Å²) in [6, 6.07) is 10.4. The molecule has 1 unspecified atom stereocenters. The highest BCUT2D eigenvalue weighted by Crippen LogP contribution is 2.31. The van der Waals surface area contributed by atoms with E-state index < -0.39 is 17.7 Å². The van der Waals surface area contributed by atoms with E-state index in [1.165, 1.54) is 12.1 Å². The number of para-hydroxylation sites is 2. The summed E-state index contributed by atoms with van der Waals surface area (Å²) in [5, 5.41) is 3.00. The van der Waals surface area contributed by atoms with Gasteiger partial charge < -0.3 is 19.5 Å². The monoisotopic (exact) mass is 389 g/mol. The van der Waals surface area contributed by atoms with Crippen molar-refractivity contribution < 1.29 is 27.8 Å². The van der Waals surface area contributed by atoms with Gasteiger partial charge in [0.2, 0.25) is 6.10 Å². The van der Waals surface area contributed by atoms with Crippen LogP contribution in [0.3, 0.4) is 0 Å². The minimum absolute atomic E-state index is 0.0114. The Morgan fingerprint density at radius 3 is 2.39 bits per heavy atom. The predicted octanol–water partition coefficient (Wildman–Crippen LogP) is 3.61. The van der Waals surface area contributed by atoms with Crippen LogP contribution in [0.2, 0.25) is 0 Å². The zero-order chi connectivity index (χ0) is 19.5. The third-order valence-electron chi connectivity index (χ3n) is 4.96. The lowest BCUT2D eigenvalue weighted by Crippen LogP contribution is -2.49. The van der Waals surface area contributed by atoms with Crippen molar-refractivity contribution in [1.82, 2.24) is 5.32 Å². The SMILES string of the molecule is O=C(NC1CCC(Oc2cc(F)cc(F)c2)CC1)C1COc2ccccc2O1. The molecule has 0 bridgehead atoms. The topological polar surface area (TPSA) is 56.8 Å². The highest BCUT2D eigenvalue weighted by atomic mass is 19.1. The van der Waals surface area contributed by atoms with Crippen molar-refractivity contribution in [2.24, 2.45) is 0 Å². The molecule has 0 radical (unpaired) electrons. The molecule has 1 heterocycles. The maximum atomic E-state index is 13.3. The molecule has 4 rings (SSSR count). The lowest BCUT2D eigenvalue weighted by Gasteiger charge is -2.31. The Hall–Kier alpha value is -2.83. The summed E-state index contributed by atoms with van der Waals surface area (Å²) in [5.41, 5.74) is 0. The van der Waals surface area contributed by atoms with Gasteiger partial charge in [0, 0.05) is 24.2 Å². The highest BCUT2D eigenvalue weighted by molar-refractivity contribution is 5.82. The number of hydrogen-bond donors (Lipinski definition) is 1. The number of carbonyl (C=O) groups excluding carboxylic acids is 1. The molecule has 1 saturated carbocycles. The van der Waals surface area contributed by atoms with Crippen molar-refractivity contribution in [1.29, 1.82) is 0 Å². The van der Waals surface area contributed by atoms with E-state index in [0.29, 0.717) is 24.3 Å². The standard InChI is InChI=1S/C21H21F2NO4/c22-13-9-14(23)11-17(10-13)27-16-7-5-15(6-8-16)24-21(25)20-12-26-18-3-1-2-4-19(18)28-20/h1-4,9-11,15-16,20H,5-8,12H2,(H,24,25). The number of rotatable bonds is 4. The van der Waals surface area contributed by atoms with Gasteiger partial charge in [-0.3, -0.25) is 4.79 Å². The molecule has 148 valence electrons. The van der Waals surface area contributed by atoms with Gasteiger partial charge in [-0.15, -0.1) is 0 Å². The van der Waals surface area contributed by atoms with Crippen molar-refractivity contribution in [2.45, 2.75) is 43.9 Å².